The number of anilines is 1. The number of aryl methyl sites for hydroxylation is 1. The maximum Gasteiger partial charge on any atom is 0.277 e. The molecule has 19 heavy (non-hydrogen) atoms. The average Bonchev–Trinajstić information content (AvgIpc) is 2.69. The van der Waals surface area contributed by atoms with Crippen LogP contribution in [0.3, 0.4) is 0 Å². The Morgan fingerprint density at radius 1 is 1.32 bits per heavy atom. The van der Waals surface area contributed by atoms with Crippen molar-refractivity contribution in [1.82, 2.24) is 9.78 Å². The van der Waals surface area contributed by atoms with Crippen LogP contribution in [0.5, 0.6) is 0 Å². The number of hydrogen-bond donors (Lipinski definition) is 1. The van der Waals surface area contributed by atoms with Crippen molar-refractivity contribution in [2.45, 2.75) is 19.8 Å². The highest BCUT2D eigenvalue weighted by atomic mass is 35.5. The first kappa shape index (κ1) is 13.6. The number of carbonyl (C=O) groups excluding carboxylic acids is 1. The van der Waals surface area contributed by atoms with Crippen molar-refractivity contribution in [3.05, 3.63) is 46.7 Å². The Bertz CT molecular complexity index is 587. The second-order valence-electron chi connectivity index (χ2n) is 4.73. The summed E-state index contributed by atoms with van der Waals surface area (Å²) in [6, 6.07) is 7.76. The van der Waals surface area contributed by atoms with E-state index in [9.17, 15) is 4.79 Å². The van der Waals surface area contributed by atoms with Crippen molar-refractivity contribution in [2.75, 3.05) is 5.32 Å². The number of benzene rings is 1. The van der Waals surface area contributed by atoms with Crippen molar-refractivity contribution in [3.8, 4) is 0 Å². The van der Waals surface area contributed by atoms with E-state index in [0.29, 0.717) is 10.9 Å². The quantitative estimate of drug-likeness (QED) is 0.934. The van der Waals surface area contributed by atoms with Gasteiger partial charge >= 0.3 is 0 Å². The van der Waals surface area contributed by atoms with Gasteiger partial charge in [0, 0.05) is 18.9 Å². The second-order valence-corrected chi connectivity index (χ2v) is 5.14. The number of amides is 1. The molecule has 0 aliphatic heterocycles. The van der Waals surface area contributed by atoms with E-state index in [1.54, 1.807) is 13.2 Å². The van der Waals surface area contributed by atoms with Crippen molar-refractivity contribution in [1.29, 1.82) is 0 Å². The van der Waals surface area contributed by atoms with Gasteiger partial charge in [-0.15, -0.1) is 0 Å². The first-order chi connectivity index (χ1) is 8.97. The lowest BCUT2D eigenvalue weighted by Crippen LogP contribution is -2.13. The van der Waals surface area contributed by atoms with Gasteiger partial charge in [0.1, 0.15) is 0 Å². The summed E-state index contributed by atoms with van der Waals surface area (Å²) in [5, 5.41) is 7.15. The topological polar surface area (TPSA) is 46.9 Å². The molecule has 2 rings (SSSR count). The Labute approximate surface area is 117 Å². The molecule has 0 aliphatic carbocycles. The Morgan fingerprint density at radius 2 is 1.95 bits per heavy atom. The van der Waals surface area contributed by atoms with E-state index in [1.807, 2.05) is 24.3 Å². The average molecular weight is 278 g/mol. The molecule has 0 fully saturated rings. The fraction of sp³-hybridized carbons (Fsp3) is 0.286. The normalized spacial score (nSPS) is 10.8. The zero-order valence-corrected chi connectivity index (χ0v) is 11.9. The van der Waals surface area contributed by atoms with Crippen LogP contribution in [-0.2, 0) is 7.05 Å². The molecular formula is C14H16ClN3O. The molecule has 100 valence electrons. The largest absolute Gasteiger partial charge is 0.321 e. The molecule has 0 spiro atoms. The molecular weight excluding hydrogens is 262 g/mol. The van der Waals surface area contributed by atoms with Crippen molar-refractivity contribution in [2.24, 2.45) is 7.05 Å². The molecule has 0 bridgehead atoms. The van der Waals surface area contributed by atoms with E-state index in [2.05, 4.69) is 24.3 Å². The second kappa shape index (κ2) is 5.45. The molecule has 0 radical (unpaired) electrons. The van der Waals surface area contributed by atoms with Crippen LogP contribution in [0.4, 0.5) is 5.69 Å². The van der Waals surface area contributed by atoms with E-state index < -0.39 is 0 Å². The van der Waals surface area contributed by atoms with E-state index in [0.717, 1.165) is 5.69 Å². The van der Waals surface area contributed by atoms with Crippen LogP contribution in [0.2, 0.25) is 5.02 Å². The summed E-state index contributed by atoms with van der Waals surface area (Å²) >= 11 is 5.93. The smallest absolute Gasteiger partial charge is 0.277 e. The van der Waals surface area contributed by atoms with Gasteiger partial charge in [0.2, 0.25) is 0 Å². The molecule has 4 nitrogen and oxygen atoms in total. The Balaban J connectivity index is 2.13. The van der Waals surface area contributed by atoms with Gasteiger partial charge in [-0.2, -0.15) is 5.10 Å². The molecule has 5 heteroatoms. The van der Waals surface area contributed by atoms with E-state index in [1.165, 1.54) is 10.2 Å². The van der Waals surface area contributed by atoms with Crippen LogP contribution < -0.4 is 5.32 Å². The minimum atomic E-state index is -0.303. The summed E-state index contributed by atoms with van der Waals surface area (Å²) in [6.07, 6.45) is 1.60. The highest BCUT2D eigenvalue weighted by Gasteiger charge is 2.14. The van der Waals surface area contributed by atoms with Crippen molar-refractivity contribution in [3.63, 3.8) is 0 Å². The number of hydrogen-bond acceptors (Lipinski definition) is 2. The molecule has 2 aromatic rings. The lowest BCUT2D eigenvalue weighted by atomic mass is 10.0. The first-order valence-electron chi connectivity index (χ1n) is 6.08. The third-order valence-corrected chi connectivity index (χ3v) is 3.11. The van der Waals surface area contributed by atoms with E-state index >= 15 is 0 Å². The van der Waals surface area contributed by atoms with Crippen LogP contribution in [0.1, 0.15) is 35.8 Å². The van der Waals surface area contributed by atoms with Crippen LogP contribution in [0.25, 0.3) is 0 Å². The summed E-state index contributed by atoms with van der Waals surface area (Å²) in [7, 11) is 1.72. The molecule has 1 aromatic carbocycles. The van der Waals surface area contributed by atoms with Gasteiger partial charge in [-0.25, -0.2) is 0 Å². The summed E-state index contributed by atoms with van der Waals surface area (Å²) in [5.74, 6) is 0.165. The molecule has 0 saturated heterocycles. The zero-order chi connectivity index (χ0) is 14.0. The van der Waals surface area contributed by atoms with Gasteiger partial charge in [0.25, 0.3) is 5.91 Å². The molecule has 0 saturated carbocycles. The minimum absolute atomic E-state index is 0.233. The summed E-state index contributed by atoms with van der Waals surface area (Å²) < 4.78 is 1.51. The SMILES string of the molecule is CC(C)c1ccc(NC(=O)c2nn(C)cc2Cl)cc1. The fourth-order valence-electron chi connectivity index (χ4n) is 1.76. The molecule has 1 amide bonds. The number of nitrogens with one attached hydrogen (secondary N) is 1. The van der Waals surface area contributed by atoms with E-state index in [-0.39, 0.29) is 11.6 Å². The molecule has 1 heterocycles. The van der Waals surface area contributed by atoms with E-state index in [4.69, 9.17) is 11.6 Å². The molecule has 0 unspecified atom stereocenters. The number of halogens is 1. The van der Waals surface area contributed by atoms with Crippen molar-refractivity contribution < 1.29 is 4.79 Å². The number of aromatic nitrogens is 2. The van der Waals surface area contributed by atoms with Gasteiger partial charge in [-0.05, 0) is 23.6 Å². The van der Waals surface area contributed by atoms with Gasteiger partial charge in [0.05, 0.1) is 5.02 Å². The third kappa shape index (κ3) is 3.15. The first-order valence-corrected chi connectivity index (χ1v) is 6.45. The van der Waals surface area contributed by atoms with Crippen LogP contribution >= 0.6 is 11.6 Å². The van der Waals surface area contributed by atoms with Crippen LogP contribution in [0.15, 0.2) is 30.5 Å². The summed E-state index contributed by atoms with van der Waals surface area (Å²) in [4.78, 5) is 12.0. The third-order valence-electron chi connectivity index (χ3n) is 2.83. The van der Waals surface area contributed by atoms with Gasteiger partial charge in [-0.3, -0.25) is 9.48 Å². The molecule has 1 N–H and O–H groups in total. The van der Waals surface area contributed by atoms with Crippen molar-refractivity contribution >= 4 is 23.2 Å². The lowest BCUT2D eigenvalue weighted by Gasteiger charge is -2.07. The Morgan fingerprint density at radius 3 is 2.42 bits per heavy atom. The maximum absolute atomic E-state index is 12.0. The maximum atomic E-state index is 12.0. The van der Waals surface area contributed by atoms with Gasteiger partial charge < -0.3 is 5.32 Å². The minimum Gasteiger partial charge on any atom is -0.321 e. The number of nitrogens with zero attached hydrogens (tertiary/aromatic N) is 2. The Hall–Kier alpha value is -1.81. The van der Waals surface area contributed by atoms with Gasteiger partial charge in [-0.1, -0.05) is 37.6 Å². The summed E-state index contributed by atoms with van der Waals surface area (Å²) in [6.45, 7) is 4.25. The predicted octanol–water partition coefficient (Wildman–Crippen LogP) is 3.45. The van der Waals surface area contributed by atoms with Crippen LogP contribution in [-0.4, -0.2) is 15.7 Å². The predicted molar refractivity (Wildman–Crippen MR) is 76.7 cm³/mol. The number of rotatable bonds is 3. The fourth-order valence-corrected chi connectivity index (χ4v) is 2.02. The van der Waals surface area contributed by atoms with Gasteiger partial charge in [0.15, 0.2) is 5.69 Å². The Kier molecular flexibility index (Phi) is 3.90. The zero-order valence-electron chi connectivity index (χ0n) is 11.1. The molecule has 0 aliphatic rings. The highest BCUT2D eigenvalue weighted by molar-refractivity contribution is 6.34. The molecule has 0 atom stereocenters. The highest BCUT2D eigenvalue weighted by Crippen LogP contribution is 2.19. The molecule has 1 aromatic heterocycles. The standard InChI is InChI=1S/C14H16ClN3O/c1-9(2)10-4-6-11(7-5-10)16-14(19)13-12(15)8-18(3)17-13/h4-9H,1-3H3,(H,16,19). The number of carbonyl (C=O) groups is 1. The summed E-state index contributed by atoms with van der Waals surface area (Å²) in [5.41, 5.74) is 2.20. The van der Waals surface area contributed by atoms with Crippen LogP contribution in [0, 0.1) is 0 Å². The monoisotopic (exact) mass is 277 g/mol. The lowest BCUT2D eigenvalue weighted by molar-refractivity contribution is 0.102.